The van der Waals surface area contributed by atoms with Crippen molar-refractivity contribution in [3.63, 3.8) is 0 Å². The number of anilines is 3. The molecule has 3 aromatic carbocycles. The first-order chi connectivity index (χ1) is 30.2. The van der Waals surface area contributed by atoms with Crippen LogP contribution in [0.15, 0.2) is 78.5 Å². The van der Waals surface area contributed by atoms with Crippen LogP contribution in [0.5, 0.6) is 11.5 Å². The summed E-state index contributed by atoms with van der Waals surface area (Å²) in [5, 5.41) is 36.8. The number of amides is 4. The molecule has 1 saturated carbocycles. The Balaban J connectivity index is 1.32. The largest absolute Gasteiger partial charge is 0.504 e. The Labute approximate surface area is 370 Å². The number of halogens is 5. The molecule has 0 radical (unpaired) electrons. The van der Waals surface area contributed by atoms with Crippen molar-refractivity contribution >= 4 is 75.4 Å². The van der Waals surface area contributed by atoms with E-state index in [9.17, 15) is 48.1 Å². The van der Waals surface area contributed by atoms with Crippen molar-refractivity contribution in [1.82, 2.24) is 9.99 Å². The number of fused-ring (bicyclic) bond motifs is 4. The predicted molar refractivity (Wildman–Crippen MR) is 223 cm³/mol. The van der Waals surface area contributed by atoms with Crippen LogP contribution in [-0.4, -0.2) is 69.3 Å². The molecule has 4 amide bonds. The number of aromatic hydroxyl groups is 1. The number of rotatable bonds is 10. The number of phenolic OH excluding ortho intramolecular Hbond substituents is 1. The third-order valence-corrected chi connectivity index (χ3v) is 12.9. The number of ether oxygens (including phenoxy) is 1. The fraction of sp³-hybridized carbons (Fsp3) is 0.310. The summed E-state index contributed by atoms with van der Waals surface area (Å²) in [6.45, 7) is 1.78. The van der Waals surface area contributed by atoms with Crippen LogP contribution in [0.25, 0.3) is 0 Å². The number of carbonyl (C=O) groups excluding carboxylic acids is 4. The monoisotopic (exact) mass is 923 g/mol. The summed E-state index contributed by atoms with van der Waals surface area (Å²) in [6, 6.07) is 12.9. The summed E-state index contributed by atoms with van der Waals surface area (Å²) in [4.78, 5) is 88.2. The molecular weight excluding hydrogens is 890 g/mol. The number of pyridine rings is 1. The van der Waals surface area contributed by atoms with E-state index in [1.54, 1.807) is 19.1 Å². The van der Waals surface area contributed by atoms with Crippen LogP contribution in [0.1, 0.15) is 42.4 Å². The van der Waals surface area contributed by atoms with Gasteiger partial charge in [0, 0.05) is 48.9 Å². The Morgan fingerprint density at radius 2 is 1.62 bits per heavy atom. The van der Waals surface area contributed by atoms with Crippen LogP contribution in [0.2, 0.25) is 10.0 Å². The van der Waals surface area contributed by atoms with Gasteiger partial charge < -0.3 is 14.7 Å². The van der Waals surface area contributed by atoms with Gasteiger partial charge in [-0.05, 0) is 55.5 Å². The summed E-state index contributed by atoms with van der Waals surface area (Å²) in [7, 11) is 2.71. The molecule has 6 atom stereocenters. The molecular formula is C42H34Cl2F3N7O10. The lowest BCUT2D eigenvalue weighted by molar-refractivity contribution is -0.392. The average molecular weight is 925 g/mol. The number of benzene rings is 3. The molecule has 2 aliphatic heterocycles. The van der Waals surface area contributed by atoms with Gasteiger partial charge >= 0.3 is 17.6 Å². The average Bonchev–Trinajstić information content (AvgIpc) is 3.62. The lowest BCUT2D eigenvalue weighted by atomic mass is 9.49. The molecule has 2 N–H and O–H groups in total. The topological polar surface area (TPSA) is 219 Å². The molecule has 17 nitrogen and oxygen atoms in total. The smallest absolute Gasteiger partial charge is 0.417 e. The summed E-state index contributed by atoms with van der Waals surface area (Å²) in [6.07, 6.45) is -3.16. The number of hydrogen-bond donors (Lipinski definition) is 2. The maximum atomic E-state index is 15.5. The molecule has 0 spiro atoms. The molecule has 8 rings (SSSR count). The van der Waals surface area contributed by atoms with Crippen LogP contribution < -0.4 is 20.0 Å². The van der Waals surface area contributed by atoms with Crippen molar-refractivity contribution in [2.45, 2.75) is 37.3 Å². The van der Waals surface area contributed by atoms with Crippen LogP contribution in [-0.2, 0) is 30.8 Å². The van der Waals surface area contributed by atoms with Gasteiger partial charge in [-0.2, -0.15) is 18.2 Å². The zero-order valence-electron chi connectivity index (χ0n) is 33.6. The normalized spacial score (nSPS) is 23.9. The van der Waals surface area contributed by atoms with E-state index in [4.69, 9.17) is 27.9 Å². The third kappa shape index (κ3) is 6.65. The van der Waals surface area contributed by atoms with Crippen molar-refractivity contribution < 1.29 is 52.0 Å². The van der Waals surface area contributed by atoms with Gasteiger partial charge in [0.05, 0.1) is 55.9 Å². The first-order valence-electron chi connectivity index (χ1n) is 19.5. The summed E-state index contributed by atoms with van der Waals surface area (Å²) in [5.74, 6) is -10.7. The highest BCUT2D eigenvalue weighted by atomic mass is 35.5. The van der Waals surface area contributed by atoms with Gasteiger partial charge in [0.1, 0.15) is 0 Å². The standard InChI is InChI=1S/C42H34Cl2F3N7O10/c1-4-64-31-7-5-6-25(35(31)55)33-23-12-13-24-32(39(58)51(37(24)56)22-15-29(53(60)61)34(50(2)3)30(16-22)54(62)63)26(23)17-27-38(57)52(40(59)41(27,33)19-8-10-21(43)11-9-19)49-36-28(44)14-20(18-48-36)42(45,46)47/h5-12,14-16,18,24,26-27,32-33,55H,4,13,17H2,1-3H3,(H,48,49). The molecule has 1 aromatic heterocycles. The molecule has 2 saturated heterocycles. The van der Waals surface area contributed by atoms with Crippen LogP contribution in [0, 0.1) is 43.9 Å². The molecule has 3 fully saturated rings. The number of imide groups is 2. The Bertz CT molecular complexity index is 2700. The predicted octanol–water partition coefficient (Wildman–Crippen LogP) is 7.58. The van der Waals surface area contributed by atoms with E-state index < -0.39 is 114 Å². The number of hydrazine groups is 1. The number of phenols is 1. The van der Waals surface area contributed by atoms with E-state index in [-0.39, 0.29) is 47.0 Å². The highest BCUT2D eigenvalue weighted by Crippen LogP contribution is 2.65. The van der Waals surface area contributed by atoms with E-state index >= 15 is 9.59 Å². The molecule has 4 aromatic rings. The van der Waals surface area contributed by atoms with Gasteiger partial charge in [-0.15, -0.1) is 0 Å². The van der Waals surface area contributed by atoms with E-state index in [0.29, 0.717) is 27.7 Å². The number of nitrogens with zero attached hydrogens (tertiary/aromatic N) is 6. The Kier molecular flexibility index (Phi) is 10.8. The molecule has 4 aliphatic rings. The highest BCUT2D eigenvalue weighted by molar-refractivity contribution is 6.33. The number of nitrogens with one attached hydrogen (secondary N) is 1. The van der Waals surface area contributed by atoms with E-state index in [1.165, 1.54) is 50.5 Å². The number of nitro benzene ring substituents is 2. The lowest BCUT2D eigenvalue weighted by Crippen LogP contribution is -2.53. The number of alkyl halides is 3. The molecule has 64 heavy (non-hydrogen) atoms. The molecule has 22 heteroatoms. The second-order valence-corrected chi connectivity index (χ2v) is 16.6. The van der Waals surface area contributed by atoms with Gasteiger partial charge in [0.2, 0.25) is 11.8 Å². The van der Waals surface area contributed by atoms with Crippen LogP contribution in [0.4, 0.5) is 41.7 Å². The van der Waals surface area contributed by atoms with Crippen molar-refractivity contribution in [3.05, 3.63) is 125 Å². The Morgan fingerprint density at radius 3 is 2.20 bits per heavy atom. The third-order valence-electron chi connectivity index (χ3n) is 12.4. The van der Waals surface area contributed by atoms with E-state index in [0.717, 1.165) is 17.0 Å². The quantitative estimate of drug-likeness (QED) is 0.0679. The van der Waals surface area contributed by atoms with Gasteiger partial charge in [0.15, 0.2) is 23.0 Å². The van der Waals surface area contributed by atoms with Crippen LogP contribution in [0.3, 0.4) is 0 Å². The Morgan fingerprint density at radius 1 is 0.969 bits per heavy atom. The van der Waals surface area contributed by atoms with Gasteiger partial charge in [0.25, 0.3) is 11.8 Å². The zero-order valence-corrected chi connectivity index (χ0v) is 35.1. The molecule has 2 aliphatic carbocycles. The second kappa shape index (κ2) is 15.8. The van der Waals surface area contributed by atoms with Gasteiger partial charge in [-0.25, -0.2) is 9.88 Å². The first-order valence-corrected chi connectivity index (χ1v) is 20.3. The van der Waals surface area contributed by atoms with Crippen molar-refractivity contribution in [2.75, 3.05) is 35.9 Å². The minimum Gasteiger partial charge on any atom is -0.504 e. The van der Waals surface area contributed by atoms with Gasteiger partial charge in [-0.1, -0.05) is 59.1 Å². The maximum Gasteiger partial charge on any atom is 0.417 e. The SMILES string of the molecule is CCOc1cccc(C2C3=CCC4C(=O)N(c5cc([N+](=O)[O-])c(N(C)C)c([N+](=O)[O-])c5)C(=O)C4C3CC3C(=O)N(Nc4ncc(C(F)(F)F)cc4Cl)C(=O)C32c2ccc(Cl)cc2)c1O. The highest BCUT2D eigenvalue weighted by Gasteiger charge is 2.71. The molecule has 6 unspecified atom stereocenters. The maximum absolute atomic E-state index is 15.5. The number of allylic oxidation sites excluding steroid dienone is 2. The second-order valence-electron chi connectivity index (χ2n) is 15.8. The Hall–Kier alpha value is -6.80. The molecule has 0 bridgehead atoms. The minimum atomic E-state index is -4.83. The number of aromatic nitrogens is 1. The fourth-order valence-electron chi connectivity index (χ4n) is 9.88. The number of nitro groups is 2. The van der Waals surface area contributed by atoms with E-state index in [1.807, 2.05) is 0 Å². The molecule has 332 valence electrons. The number of hydrogen-bond acceptors (Lipinski definition) is 13. The molecule has 3 heterocycles. The van der Waals surface area contributed by atoms with Crippen molar-refractivity contribution in [2.24, 2.45) is 23.7 Å². The number of carbonyl (C=O) groups is 4. The zero-order chi connectivity index (χ0) is 46.3. The van der Waals surface area contributed by atoms with Gasteiger partial charge in [-0.3, -0.25) is 44.8 Å². The minimum absolute atomic E-state index is 0.00867. The fourth-order valence-corrected chi connectivity index (χ4v) is 10.2. The van der Waals surface area contributed by atoms with Crippen LogP contribution >= 0.6 is 23.2 Å². The van der Waals surface area contributed by atoms with Crippen molar-refractivity contribution in [3.8, 4) is 11.5 Å². The summed E-state index contributed by atoms with van der Waals surface area (Å²) >= 11 is 12.6. The summed E-state index contributed by atoms with van der Waals surface area (Å²) < 4.78 is 46.5. The van der Waals surface area contributed by atoms with E-state index in [2.05, 4.69) is 10.4 Å². The van der Waals surface area contributed by atoms with Crippen molar-refractivity contribution in [1.29, 1.82) is 0 Å². The summed E-state index contributed by atoms with van der Waals surface area (Å²) in [5.41, 5.74) is -2.32. The number of para-hydroxylation sites is 1. The lowest BCUT2D eigenvalue weighted by Gasteiger charge is -2.50. The first kappa shape index (κ1) is 43.8.